The molecule has 1 N–H and O–H groups in total. The predicted octanol–water partition coefficient (Wildman–Crippen LogP) is 2.14. The van der Waals surface area contributed by atoms with Gasteiger partial charge in [-0.1, -0.05) is 6.08 Å². The minimum absolute atomic E-state index is 0.210. The highest BCUT2D eigenvalue weighted by Gasteiger charge is 2.27. The van der Waals surface area contributed by atoms with Crippen molar-refractivity contribution in [3.8, 4) is 0 Å². The second-order valence-electron chi connectivity index (χ2n) is 6.35. The molecular weight excluding hydrogens is 252 g/mol. The van der Waals surface area contributed by atoms with E-state index < -0.39 is 5.60 Å². The maximum Gasteiger partial charge on any atom is 0.240 e. The number of likely N-dealkylation sites (tertiary alicyclic amines) is 1. The van der Waals surface area contributed by atoms with Gasteiger partial charge in [-0.25, -0.2) is 0 Å². The smallest absolute Gasteiger partial charge is 0.240 e. The molecular formula is C16H28N2O2. The fourth-order valence-corrected chi connectivity index (χ4v) is 3.19. The summed E-state index contributed by atoms with van der Waals surface area (Å²) in [6, 6.07) is 0. The molecule has 1 aliphatic carbocycles. The van der Waals surface area contributed by atoms with Crippen LogP contribution in [0.4, 0.5) is 0 Å². The van der Waals surface area contributed by atoms with Gasteiger partial charge in [-0.05, 0) is 58.9 Å². The summed E-state index contributed by atoms with van der Waals surface area (Å²) in [5.41, 5.74) is 0.648. The molecule has 0 radical (unpaired) electrons. The van der Waals surface area contributed by atoms with Gasteiger partial charge in [-0.2, -0.15) is 0 Å². The van der Waals surface area contributed by atoms with Crippen LogP contribution in [-0.4, -0.2) is 52.6 Å². The van der Waals surface area contributed by atoms with Gasteiger partial charge in [0.05, 0.1) is 12.1 Å². The van der Waals surface area contributed by atoms with Crippen LogP contribution in [0.25, 0.3) is 0 Å². The van der Waals surface area contributed by atoms with Gasteiger partial charge < -0.3 is 10.0 Å². The zero-order valence-electron chi connectivity index (χ0n) is 12.9. The lowest BCUT2D eigenvalue weighted by atomic mass is 9.98. The van der Waals surface area contributed by atoms with E-state index in [1.165, 1.54) is 12.1 Å². The molecule has 1 amide bonds. The Bertz CT molecular complexity index is 377. The number of aliphatic hydroxyl groups is 1. The molecule has 20 heavy (non-hydrogen) atoms. The van der Waals surface area contributed by atoms with E-state index >= 15 is 0 Å². The van der Waals surface area contributed by atoms with Crippen LogP contribution in [-0.2, 0) is 4.79 Å². The van der Waals surface area contributed by atoms with Crippen LogP contribution in [0.5, 0.6) is 0 Å². The van der Waals surface area contributed by atoms with Gasteiger partial charge in [-0.15, -0.1) is 0 Å². The van der Waals surface area contributed by atoms with Crippen molar-refractivity contribution in [3.05, 3.63) is 11.8 Å². The average Bonchev–Trinajstić information content (AvgIpc) is 2.84. The summed E-state index contributed by atoms with van der Waals surface area (Å²) < 4.78 is 0. The Labute approximate surface area is 122 Å². The van der Waals surface area contributed by atoms with E-state index in [1.54, 1.807) is 0 Å². The summed E-state index contributed by atoms with van der Waals surface area (Å²) in [5.74, 6) is 0.210. The van der Waals surface area contributed by atoms with Crippen molar-refractivity contribution in [2.24, 2.45) is 0 Å². The molecule has 1 fully saturated rings. The topological polar surface area (TPSA) is 43.8 Å². The lowest BCUT2D eigenvalue weighted by molar-refractivity contribution is -0.130. The van der Waals surface area contributed by atoms with E-state index in [2.05, 4.69) is 11.0 Å². The molecule has 2 aliphatic rings. The van der Waals surface area contributed by atoms with Crippen LogP contribution in [0.3, 0.4) is 0 Å². The quantitative estimate of drug-likeness (QED) is 0.858. The minimum atomic E-state index is -0.559. The van der Waals surface area contributed by atoms with Crippen LogP contribution < -0.4 is 0 Å². The molecule has 1 atom stereocenters. The van der Waals surface area contributed by atoms with E-state index in [-0.39, 0.29) is 5.91 Å². The summed E-state index contributed by atoms with van der Waals surface area (Å²) in [5, 5.41) is 10.1. The van der Waals surface area contributed by atoms with E-state index in [0.717, 1.165) is 51.7 Å². The van der Waals surface area contributed by atoms with Crippen molar-refractivity contribution < 1.29 is 9.90 Å². The maximum atomic E-state index is 12.5. The van der Waals surface area contributed by atoms with Crippen molar-refractivity contribution in [2.75, 3.05) is 26.2 Å². The molecule has 0 aromatic carbocycles. The maximum absolute atomic E-state index is 12.5. The number of nitrogens with zero attached hydrogens (tertiary/aromatic N) is 2. The minimum Gasteiger partial charge on any atom is -0.390 e. The van der Waals surface area contributed by atoms with Crippen LogP contribution in [0.15, 0.2) is 11.8 Å². The highest BCUT2D eigenvalue weighted by atomic mass is 16.3. The SMILES string of the molecule is CCN(C(=O)CN1CCCC(C)(O)CC1)C1=CCCC1. The lowest BCUT2D eigenvalue weighted by Gasteiger charge is -2.27. The number of hydrogen-bond donors (Lipinski definition) is 1. The second kappa shape index (κ2) is 6.72. The first-order valence-electron chi connectivity index (χ1n) is 7.96. The van der Waals surface area contributed by atoms with Gasteiger partial charge in [0.2, 0.25) is 5.91 Å². The van der Waals surface area contributed by atoms with Crippen molar-refractivity contribution >= 4 is 5.91 Å². The van der Waals surface area contributed by atoms with Gasteiger partial charge in [0.1, 0.15) is 0 Å². The van der Waals surface area contributed by atoms with Crippen LogP contribution in [0.1, 0.15) is 52.4 Å². The van der Waals surface area contributed by atoms with Gasteiger partial charge in [0, 0.05) is 18.8 Å². The molecule has 2 rings (SSSR count). The molecule has 4 heteroatoms. The molecule has 1 unspecified atom stereocenters. The number of hydrogen-bond acceptors (Lipinski definition) is 3. The third-order valence-electron chi connectivity index (χ3n) is 4.50. The van der Waals surface area contributed by atoms with Crippen molar-refractivity contribution in [1.82, 2.24) is 9.80 Å². The Morgan fingerprint density at radius 3 is 2.85 bits per heavy atom. The summed E-state index contributed by atoms with van der Waals surface area (Å²) in [4.78, 5) is 16.6. The Kier molecular flexibility index (Phi) is 5.22. The van der Waals surface area contributed by atoms with E-state index in [1.807, 2.05) is 18.7 Å². The zero-order chi connectivity index (χ0) is 14.6. The molecule has 0 bridgehead atoms. The summed E-state index contributed by atoms with van der Waals surface area (Å²) >= 11 is 0. The largest absolute Gasteiger partial charge is 0.390 e. The number of carbonyl (C=O) groups is 1. The Balaban J connectivity index is 1.89. The third-order valence-corrected chi connectivity index (χ3v) is 4.50. The molecule has 1 saturated heterocycles. The normalized spacial score (nSPS) is 28.1. The zero-order valence-corrected chi connectivity index (χ0v) is 12.9. The fraction of sp³-hybridized carbons (Fsp3) is 0.812. The number of amides is 1. The first kappa shape index (κ1) is 15.5. The number of carbonyl (C=O) groups excluding carboxylic acids is 1. The van der Waals surface area contributed by atoms with Crippen molar-refractivity contribution in [3.63, 3.8) is 0 Å². The van der Waals surface area contributed by atoms with Gasteiger partial charge >= 0.3 is 0 Å². The number of rotatable bonds is 4. The Morgan fingerprint density at radius 1 is 1.40 bits per heavy atom. The summed E-state index contributed by atoms with van der Waals surface area (Å²) in [6.45, 7) is 6.93. The van der Waals surface area contributed by atoms with Gasteiger partial charge in [-0.3, -0.25) is 9.69 Å². The number of likely N-dealkylation sites (N-methyl/N-ethyl adjacent to an activating group) is 1. The molecule has 114 valence electrons. The van der Waals surface area contributed by atoms with Crippen LogP contribution in [0, 0.1) is 0 Å². The fourth-order valence-electron chi connectivity index (χ4n) is 3.19. The lowest BCUT2D eigenvalue weighted by Crippen LogP contribution is -2.40. The first-order valence-corrected chi connectivity index (χ1v) is 7.96. The molecule has 0 aromatic rings. The second-order valence-corrected chi connectivity index (χ2v) is 6.35. The molecule has 0 aromatic heterocycles. The highest BCUT2D eigenvalue weighted by Crippen LogP contribution is 2.23. The van der Waals surface area contributed by atoms with Crippen LogP contribution >= 0.6 is 0 Å². The molecule has 4 nitrogen and oxygen atoms in total. The van der Waals surface area contributed by atoms with E-state index in [9.17, 15) is 9.90 Å². The molecule has 1 heterocycles. The standard InChI is InChI=1S/C16H28N2O2/c1-3-18(14-7-4-5-8-14)15(19)13-17-11-6-9-16(2,20)10-12-17/h7,20H,3-6,8-13H2,1-2H3. The van der Waals surface area contributed by atoms with Crippen LogP contribution in [0.2, 0.25) is 0 Å². The van der Waals surface area contributed by atoms with Gasteiger partial charge in [0.25, 0.3) is 0 Å². The molecule has 0 spiro atoms. The molecule has 0 saturated carbocycles. The monoisotopic (exact) mass is 280 g/mol. The first-order chi connectivity index (χ1) is 9.52. The van der Waals surface area contributed by atoms with E-state index in [4.69, 9.17) is 0 Å². The summed E-state index contributed by atoms with van der Waals surface area (Å²) in [6.07, 6.45) is 8.07. The van der Waals surface area contributed by atoms with E-state index in [0.29, 0.717) is 6.54 Å². The predicted molar refractivity (Wildman–Crippen MR) is 80.2 cm³/mol. The third kappa shape index (κ3) is 4.06. The molecule has 1 aliphatic heterocycles. The Morgan fingerprint density at radius 2 is 2.20 bits per heavy atom. The Hall–Kier alpha value is -0.870. The van der Waals surface area contributed by atoms with Crippen molar-refractivity contribution in [1.29, 1.82) is 0 Å². The van der Waals surface area contributed by atoms with Gasteiger partial charge in [0.15, 0.2) is 0 Å². The average molecular weight is 280 g/mol. The number of allylic oxidation sites excluding steroid dienone is 2. The summed E-state index contributed by atoms with van der Waals surface area (Å²) in [7, 11) is 0. The highest BCUT2D eigenvalue weighted by molar-refractivity contribution is 5.80. The van der Waals surface area contributed by atoms with Crippen molar-refractivity contribution in [2.45, 2.75) is 58.0 Å².